The Labute approximate surface area is 185 Å². The standard InChI is InChI=1S/C20H20F3N5O3S/c1-11-2-3-12(32(30,31)27-18-4-5-19(29,9-18)10-18)6-13(11)14-7-25-17-16(24)26-15(8-28(14)17)20(21,22)23/h2-3,6-8,27,29H,4-5,9-10H2,1H3,(H2,24,26)/i1D3. The minimum atomic E-state index is -4.84. The fourth-order valence-corrected chi connectivity index (χ4v) is 6.21. The second kappa shape index (κ2) is 6.42. The van der Waals surface area contributed by atoms with Crippen LogP contribution in [0.3, 0.4) is 0 Å². The number of halogens is 3. The maximum atomic E-state index is 13.3. The highest BCUT2D eigenvalue weighted by molar-refractivity contribution is 7.89. The first kappa shape index (κ1) is 17.8. The van der Waals surface area contributed by atoms with Crippen molar-refractivity contribution in [3.05, 3.63) is 41.9 Å². The molecule has 3 aliphatic carbocycles. The summed E-state index contributed by atoms with van der Waals surface area (Å²) in [7, 11) is -4.15. The van der Waals surface area contributed by atoms with E-state index in [-0.39, 0.29) is 40.2 Å². The molecule has 2 aromatic heterocycles. The van der Waals surface area contributed by atoms with Crippen LogP contribution in [0.4, 0.5) is 19.0 Å². The van der Waals surface area contributed by atoms with E-state index in [1.807, 2.05) is 0 Å². The molecule has 0 atom stereocenters. The molecule has 2 bridgehead atoms. The molecule has 3 aliphatic rings. The van der Waals surface area contributed by atoms with E-state index in [0.717, 1.165) is 28.8 Å². The largest absolute Gasteiger partial charge is 0.434 e. The Kier molecular flexibility index (Phi) is 3.58. The van der Waals surface area contributed by atoms with Gasteiger partial charge in [0.25, 0.3) is 0 Å². The normalized spacial score (nSPS) is 27.1. The highest BCUT2D eigenvalue weighted by Crippen LogP contribution is 2.55. The van der Waals surface area contributed by atoms with Crippen molar-refractivity contribution in [1.82, 2.24) is 19.1 Å². The van der Waals surface area contributed by atoms with Gasteiger partial charge in [-0.2, -0.15) is 13.2 Å². The number of aliphatic hydroxyl groups is 1. The first-order valence-corrected chi connectivity index (χ1v) is 11.1. The molecule has 0 saturated heterocycles. The van der Waals surface area contributed by atoms with Crippen LogP contribution < -0.4 is 10.5 Å². The van der Waals surface area contributed by atoms with Gasteiger partial charge < -0.3 is 10.8 Å². The average molecular weight is 470 g/mol. The molecule has 0 aliphatic heterocycles. The van der Waals surface area contributed by atoms with Crippen molar-refractivity contribution in [3.8, 4) is 11.3 Å². The van der Waals surface area contributed by atoms with Gasteiger partial charge in [-0.05, 0) is 50.2 Å². The van der Waals surface area contributed by atoms with Gasteiger partial charge in [-0.3, -0.25) is 4.40 Å². The number of aryl methyl sites for hydroxylation is 1. The third-order valence-electron chi connectivity index (χ3n) is 6.14. The van der Waals surface area contributed by atoms with E-state index < -0.39 is 45.7 Å². The van der Waals surface area contributed by atoms with Crippen molar-refractivity contribution in [1.29, 1.82) is 0 Å². The second-order valence-electron chi connectivity index (χ2n) is 8.52. The number of rotatable bonds is 4. The van der Waals surface area contributed by atoms with Crippen molar-refractivity contribution in [2.24, 2.45) is 0 Å². The van der Waals surface area contributed by atoms with Gasteiger partial charge in [-0.15, -0.1) is 0 Å². The number of imidazole rings is 1. The number of hydrogen-bond acceptors (Lipinski definition) is 6. The molecule has 12 heteroatoms. The number of nitrogens with one attached hydrogen (secondary N) is 1. The topological polar surface area (TPSA) is 123 Å². The molecule has 4 N–H and O–H groups in total. The Morgan fingerprint density at radius 2 is 2.06 bits per heavy atom. The Bertz CT molecular complexity index is 1460. The third kappa shape index (κ3) is 3.24. The van der Waals surface area contributed by atoms with Crippen molar-refractivity contribution < 1.29 is 30.8 Å². The number of nitrogens with zero attached hydrogens (tertiary/aromatic N) is 3. The van der Waals surface area contributed by atoms with Gasteiger partial charge in [0.15, 0.2) is 17.2 Å². The van der Waals surface area contributed by atoms with E-state index in [9.17, 15) is 26.7 Å². The number of fused-ring (bicyclic) bond motifs is 2. The van der Waals surface area contributed by atoms with E-state index in [1.165, 1.54) is 0 Å². The summed E-state index contributed by atoms with van der Waals surface area (Å²) in [5.74, 6) is -0.523. The van der Waals surface area contributed by atoms with Gasteiger partial charge in [0.05, 0.1) is 22.4 Å². The number of sulfonamides is 1. The molecule has 0 radical (unpaired) electrons. The van der Waals surface area contributed by atoms with E-state index in [1.54, 1.807) is 0 Å². The molecule has 32 heavy (non-hydrogen) atoms. The summed E-state index contributed by atoms with van der Waals surface area (Å²) in [4.78, 5) is 7.01. The zero-order valence-corrected chi connectivity index (χ0v) is 17.3. The lowest BCUT2D eigenvalue weighted by molar-refractivity contribution is -0.141. The predicted octanol–water partition coefficient (Wildman–Crippen LogP) is 2.64. The molecule has 3 fully saturated rings. The van der Waals surface area contributed by atoms with Gasteiger partial charge in [0.2, 0.25) is 10.0 Å². The van der Waals surface area contributed by atoms with Crippen LogP contribution in [0.15, 0.2) is 35.5 Å². The molecule has 0 spiro atoms. The lowest BCUT2D eigenvalue weighted by Crippen LogP contribution is -2.58. The Hall–Kier alpha value is -2.70. The predicted molar refractivity (Wildman–Crippen MR) is 109 cm³/mol. The Morgan fingerprint density at radius 3 is 2.69 bits per heavy atom. The van der Waals surface area contributed by atoms with Gasteiger partial charge in [-0.1, -0.05) is 6.07 Å². The highest BCUT2D eigenvalue weighted by Gasteiger charge is 2.61. The van der Waals surface area contributed by atoms with Crippen LogP contribution in [-0.4, -0.2) is 39.0 Å². The van der Waals surface area contributed by atoms with Crippen LogP contribution >= 0.6 is 0 Å². The summed E-state index contributed by atoms with van der Waals surface area (Å²) in [5.41, 5.74) is 2.02. The summed E-state index contributed by atoms with van der Waals surface area (Å²) in [6.45, 7) is -2.71. The number of nitrogens with two attached hydrogens (primary N) is 1. The smallest absolute Gasteiger partial charge is 0.390 e. The molecule has 2 heterocycles. The molecule has 3 aromatic rings. The van der Waals surface area contributed by atoms with Gasteiger partial charge in [-0.25, -0.2) is 23.1 Å². The van der Waals surface area contributed by atoms with Crippen molar-refractivity contribution in [3.63, 3.8) is 0 Å². The van der Waals surface area contributed by atoms with Crippen LogP contribution in [0.5, 0.6) is 0 Å². The molecule has 3 saturated carbocycles. The van der Waals surface area contributed by atoms with Crippen LogP contribution in [-0.2, 0) is 16.2 Å². The molecule has 170 valence electrons. The van der Waals surface area contributed by atoms with Crippen LogP contribution in [0.25, 0.3) is 16.9 Å². The fraction of sp³-hybridized carbons (Fsp3) is 0.400. The van der Waals surface area contributed by atoms with Crippen molar-refractivity contribution in [2.75, 3.05) is 5.73 Å². The summed E-state index contributed by atoms with van der Waals surface area (Å²) in [6, 6.07) is 3.33. The van der Waals surface area contributed by atoms with E-state index in [0.29, 0.717) is 19.0 Å². The quantitative estimate of drug-likeness (QED) is 0.539. The number of benzene rings is 1. The van der Waals surface area contributed by atoms with Gasteiger partial charge in [0.1, 0.15) is 0 Å². The second-order valence-corrected chi connectivity index (χ2v) is 10.2. The number of aromatic nitrogens is 3. The third-order valence-corrected chi connectivity index (χ3v) is 7.72. The van der Waals surface area contributed by atoms with Crippen molar-refractivity contribution in [2.45, 2.75) is 54.7 Å². The van der Waals surface area contributed by atoms with E-state index >= 15 is 0 Å². The molecule has 6 rings (SSSR count). The first-order valence-electron chi connectivity index (χ1n) is 11.1. The monoisotopic (exact) mass is 470 g/mol. The Balaban J connectivity index is 1.65. The molecule has 0 unspecified atom stereocenters. The molecule has 8 nitrogen and oxygen atoms in total. The zero-order valence-electron chi connectivity index (χ0n) is 19.4. The number of hydrogen-bond donors (Lipinski definition) is 3. The number of alkyl halides is 3. The average Bonchev–Trinajstić information content (AvgIpc) is 3.36. The van der Waals surface area contributed by atoms with Gasteiger partial charge in [0, 0.05) is 21.4 Å². The van der Waals surface area contributed by atoms with Gasteiger partial charge >= 0.3 is 6.18 Å². The summed E-state index contributed by atoms with van der Waals surface area (Å²) in [5, 5.41) is 10.2. The SMILES string of the molecule is [2H]C([2H])([2H])c1ccc(S(=O)(=O)NC23CCC(O)(C2)C3)cc1-c1cnc2c(N)nc(C(F)(F)F)cn12. The molecule has 1 aromatic carbocycles. The summed E-state index contributed by atoms with van der Waals surface area (Å²) in [6.07, 6.45) is -1.61. The lowest BCUT2D eigenvalue weighted by Gasteiger charge is -2.44. The molecular weight excluding hydrogens is 447 g/mol. The Morgan fingerprint density at radius 1 is 1.31 bits per heavy atom. The first-order chi connectivity index (χ1) is 16.0. The minimum absolute atomic E-state index is 0.0974. The van der Waals surface area contributed by atoms with Crippen molar-refractivity contribution >= 4 is 21.5 Å². The molecular formula is C20H20F3N5O3S. The zero-order chi connectivity index (χ0) is 25.6. The number of nitrogen functional groups attached to an aromatic ring is 1. The van der Waals surface area contributed by atoms with E-state index in [4.69, 9.17) is 9.85 Å². The number of anilines is 1. The fourth-order valence-electron chi connectivity index (χ4n) is 4.75. The van der Waals surface area contributed by atoms with Crippen LogP contribution in [0.2, 0.25) is 0 Å². The maximum Gasteiger partial charge on any atom is 0.434 e. The molecule has 0 amide bonds. The summed E-state index contributed by atoms with van der Waals surface area (Å²) < 4.78 is 93.5. The van der Waals surface area contributed by atoms with E-state index in [2.05, 4.69) is 14.7 Å². The maximum absolute atomic E-state index is 13.3. The highest BCUT2D eigenvalue weighted by atomic mass is 32.2. The van der Waals surface area contributed by atoms with Crippen LogP contribution in [0, 0.1) is 6.85 Å². The minimum Gasteiger partial charge on any atom is -0.390 e. The lowest BCUT2D eigenvalue weighted by atomic mass is 9.74. The van der Waals surface area contributed by atoms with Crippen LogP contribution in [0.1, 0.15) is 41.1 Å². The summed E-state index contributed by atoms with van der Waals surface area (Å²) >= 11 is 0.